The lowest BCUT2D eigenvalue weighted by Crippen LogP contribution is -2.51. The van der Waals surface area contributed by atoms with Crippen molar-refractivity contribution in [1.82, 2.24) is 15.5 Å². The van der Waals surface area contributed by atoms with Crippen molar-refractivity contribution in [2.24, 2.45) is 5.73 Å². The minimum atomic E-state index is -0.166. The van der Waals surface area contributed by atoms with E-state index in [0.29, 0.717) is 37.5 Å². The molecule has 3 N–H and O–H groups in total. The maximum atomic E-state index is 12.1. The molecule has 1 aromatic heterocycles. The number of nitrogens with two attached hydrogens (primary N) is 1. The zero-order valence-electron chi connectivity index (χ0n) is 14.4. The van der Waals surface area contributed by atoms with Crippen molar-refractivity contribution in [3.63, 3.8) is 0 Å². The number of nitrogens with one attached hydrogen (secondary N) is 1. The molecule has 1 saturated carbocycles. The normalized spacial score (nSPS) is 16.9. The molecule has 0 aromatic carbocycles. The molecule has 132 valence electrons. The molecule has 0 bridgehead atoms. The zero-order chi connectivity index (χ0) is 16.2. The number of rotatable bonds is 6. The third-order valence-corrected chi connectivity index (χ3v) is 4.29. The number of carbonyl (C=O) groups excluding carboxylic acids is 1. The first kappa shape index (κ1) is 19.9. The lowest BCUT2D eigenvalue weighted by atomic mass is 9.96. The number of nitrogens with zero attached hydrogens (tertiary/aromatic N) is 2. The third kappa shape index (κ3) is 5.46. The van der Waals surface area contributed by atoms with Crippen LogP contribution in [-0.2, 0) is 16.6 Å². The van der Waals surface area contributed by atoms with Gasteiger partial charge in [-0.1, -0.05) is 38.8 Å². The first-order chi connectivity index (χ1) is 10.3. The Morgan fingerprint density at radius 2 is 2.00 bits per heavy atom. The zero-order valence-corrected chi connectivity index (χ0v) is 15.2. The fourth-order valence-electron chi connectivity index (χ4n) is 2.85. The number of amides is 1. The van der Waals surface area contributed by atoms with Gasteiger partial charge in [0.25, 0.3) is 0 Å². The number of hydrogen-bond acceptors (Lipinski definition) is 5. The summed E-state index contributed by atoms with van der Waals surface area (Å²) in [4.78, 5) is 16.5. The highest BCUT2D eigenvalue weighted by Gasteiger charge is 2.33. The van der Waals surface area contributed by atoms with E-state index >= 15 is 0 Å². The topological polar surface area (TPSA) is 94.0 Å². The van der Waals surface area contributed by atoms with Gasteiger partial charge in [-0.15, -0.1) is 12.4 Å². The van der Waals surface area contributed by atoms with Crippen LogP contribution in [0.5, 0.6) is 0 Å². The van der Waals surface area contributed by atoms with Gasteiger partial charge in [-0.25, -0.2) is 0 Å². The molecule has 1 aliphatic carbocycles. The molecule has 23 heavy (non-hydrogen) atoms. The van der Waals surface area contributed by atoms with Gasteiger partial charge in [0, 0.05) is 24.8 Å². The van der Waals surface area contributed by atoms with E-state index in [2.05, 4.69) is 15.5 Å². The van der Waals surface area contributed by atoms with Crippen LogP contribution in [0.15, 0.2) is 4.52 Å². The summed E-state index contributed by atoms with van der Waals surface area (Å²) in [5.74, 6) is 1.38. The molecule has 0 aliphatic heterocycles. The highest BCUT2D eigenvalue weighted by Crippen LogP contribution is 2.28. The molecule has 1 aliphatic rings. The van der Waals surface area contributed by atoms with E-state index in [0.717, 1.165) is 25.7 Å². The molecule has 7 heteroatoms. The maximum absolute atomic E-state index is 12.1. The van der Waals surface area contributed by atoms with Crippen molar-refractivity contribution in [3.8, 4) is 0 Å². The summed E-state index contributed by atoms with van der Waals surface area (Å²) in [6.45, 7) is 6.66. The van der Waals surface area contributed by atoms with Crippen molar-refractivity contribution in [2.45, 2.75) is 76.7 Å². The summed E-state index contributed by atoms with van der Waals surface area (Å²) in [6.07, 6.45) is 6.09. The van der Waals surface area contributed by atoms with E-state index in [-0.39, 0.29) is 29.3 Å². The molecule has 6 nitrogen and oxygen atoms in total. The van der Waals surface area contributed by atoms with Gasteiger partial charge < -0.3 is 15.6 Å². The molecule has 0 unspecified atom stereocenters. The van der Waals surface area contributed by atoms with Gasteiger partial charge in [-0.3, -0.25) is 4.79 Å². The quantitative estimate of drug-likeness (QED) is 0.826. The molecular weight excluding hydrogens is 316 g/mol. The van der Waals surface area contributed by atoms with Crippen LogP contribution in [0.2, 0.25) is 0 Å². The maximum Gasteiger partial charge on any atom is 0.226 e. The van der Waals surface area contributed by atoms with Crippen LogP contribution in [0.25, 0.3) is 0 Å². The Morgan fingerprint density at radius 1 is 1.35 bits per heavy atom. The minimum Gasteiger partial charge on any atom is -0.349 e. The Balaban J connectivity index is 0.00000264. The molecule has 1 aromatic rings. The Hall–Kier alpha value is -1.14. The predicted molar refractivity (Wildman–Crippen MR) is 91.6 cm³/mol. The summed E-state index contributed by atoms with van der Waals surface area (Å²) in [6, 6.07) is 0. The predicted octanol–water partition coefficient (Wildman–Crippen LogP) is 2.50. The number of aromatic nitrogens is 2. The largest absolute Gasteiger partial charge is 0.349 e. The molecule has 2 rings (SSSR count). The lowest BCUT2D eigenvalue weighted by Gasteiger charge is -2.28. The molecular formula is C16H29ClN4O2. The number of hydrogen-bond donors (Lipinski definition) is 2. The smallest absolute Gasteiger partial charge is 0.226 e. The van der Waals surface area contributed by atoms with Crippen LogP contribution < -0.4 is 11.1 Å². The molecule has 0 radical (unpaired) electrons. The lowest BCUT2D eigenvalue weighted by molar-refractivity contribution is -0.123. The van der Waals surface area contributed by atoms with Crippen LogP contribution in [0, 0.1) is 0 Å². The van der Waals surface area contributed by atoms with Crippen LogP contribution in [0.4, 0.5) is 0 Å². The van der Waals surface area contributed by atoms with Gasteiger partial charge >= 0.3 is 0 Å². The summed E-state index contributed by atoms with van der Waals surface area (Å²) in [5.41, 5.74) is 5.55. The monoisotopic (exact) mass is 344 g/mol. The van der Waals surface area contributed by atoms with Gasteiger partial charge in [0.05, 0.1) is 5.54 Å². The summed E-state index contributed by atoms with van der Waals surface area (Å²) < 4.78 is 5.23. The van der Waals surface area contributed by atoms with Crippen molar-refractivity contribution in [2.75, 3.05) is 6.54 Å². The average Bonchev–Trinajstić information content (AvgIpc) is 3.08. The second kappa shape index (κ2) is 8.11. The standard InChI is InChI=1S/C16H28N4O2.ClH/c1-15(2,3)14-18-13(22-20-14)8-6-7-12(21)19-16(11-17)9-4-5-10-16;/h4-11,17H2,1-3H3,(H,19,21);1H. The van der Waals surface area contributed by atoms with Gasteiger partial charge in [0.1, 0.15) is 0 Å². The molecule has 1 fully saturated rings. The fraction of sp³-hybridized carbons (Fsp3) is 0.812. The van der Waals surface area contributed by atoms with Crippen molar-refractivity contribution >= 4 is 18.3 Å². The van der Waals surface area contributed by atoms with Gasteiger partial charge in [0.2, 0.25) is 11.8 Å². The minimum absolute atomic E-state index is 0. The van der Waals surface area contributed by atoms with E-state index in [1.165, 1.54) is 0 Å². The SMILES string of the molecule is CC(C)(C)c1noc(CCCC(=O)NC2(CN)CCCC2)n1.Cl. The third-order valence-electron chi connectivity index (χ3n) is 4.29. The highest BCUT2D eigenvalue weighted by molar-refractivity contribution is 5.85. The number of halogens is 1. The Bertz CT molecular complexity index is 504. The van der Waals surface area contributed by atoms with E-state index < -0.39 is 0 Å². The summed E-state index contributed by atoms with van der Waals surface area (Å²) in [5, 5.41) is 7.12. The van der Waals surface area contributed by atoms with Gasteiger partial charge in [-0.2, -0.15) is 4.98 Å². The molecule has 1 heterocycles. The van der Waals surface area contributed by atoms with E-state index in [4.69, 9.17) is 10.3 Å². The average molecular weight is 345 g/mol. The van der Waals surface area contributed by atoms with Crippen molar-refractivity contribution in [3.05, 3.63) is 11.7 Å². The molecule has 0 spiro atoms. The number of carbonyl (C=O) groups is 1. The molecule has 1 amide bonds. The van der Waals surface area contributed by atoms with Crippen LogP contribution in [0.3, 0.4) is 0 Å². The van der Waals surface area contributed by atoms with E-state index in [1.807, 2.05) is 20.8 Å². The number of aryl methyl sites for hydroxylation is 1. The Morgan fingerprint density at radius 3 is 2.52 bits per heavy atom. The molecule has 0 atom stereocenters. The van der Waals surface area contributed by atoms with E-state index in [1.54, 1.807) is 0 Å². The van der Waals surface area contributed by atoms with Crippen LogP contribution in [0.1, 0.15) is 71.0 Å². The van der Waals surface area contributed by atoms with Crippen LogP contribution in [-0.4, -0.2) is 28.1 Å². The fourth-order valence-corrected chi connectivity index (χ4v) is 2.85. The van der Waals surface area contributed by atoms with Gasteiger partial charge in [0.15, 0.2) is 5.82 Å². The Labute approximate surface area is 144 Å². The van der Waals surface area contributed by atoms with Crippen molar-refractivity contribution in [1.29, 1.82) is 0 Å². The second-order valence-corrected chi connectivity index (χ2v) is 7.36. The van der Waals surface area contributed by atoms with E-state index in [9.17, 15) is 4.79 Å². The summed E-state index contributed by atoms with van der Waals surface area (Å²) in [7, 11) is 0. The first-order valence-corrected chi connectivity index (χ1v) is 8.19. The second-order valence-electron chi connectivity index (χ2n) is 7.36. The van der Waals surface area contributed by atoms with Gasteiger partial charge in [-0.05, 0) is 19.3 Å². The van der Waals surface area contributed by atoms with Crippen LogP contribution >= 0.6 is 12.4 Å². The first-order valence-electron chi connectivity index (χ1n) is 8.19. The molecule has 0 saturated heterocycles. The summed E-state index contributed by atoms with van der Waals surface area (Å²) >= 11 is 0. The Kier molecular flexibility index (Phi) is 7.02. The highest BCUT2D eigenvalue weighted by atomic mass is 35.5. The van der Waals surface area contributed by atoms with Crippen molar-refractivity contribution < 1.29 is 9.32 Å².